The summed E-state index contributed by atoms with van der Waals surface area (Å²) in [6.45, 7) is 0. The van der Waals surface area contributed by atoms with Crippen LogP contribution in [-0.2, 0) is 0 Å². The molecule has 10 rings (SSSR count). The summed E-state index contributed by atoms with van der Waals surface area (Å²) in [7, 11) is 0. The number of hydrogen-bond acceptors (Lipinski definition) is 4. The van der Waals surface area contributed by atoms with E-state index in [0.29, 0.717) is 0 Å². The fraction of sp³-hybridized carbons (Fsp3) is 0. The Morgan fingerprint density at radius 3 is 1.80 bits per heavy atom. The third-order valence-corrected chi connectivity index (χ3v) is 9.98. The molecule has 4 heteroatoms. The smallest absolute Gasteiger partial charge is 0.138 e. The molecule has 0 N–H and O–H groups in total. The summed E-state index contributed by atoms with van der Waals surface area (Å²) in [5.74, 6) is 0. The van der Waals surface area contributed by atoms with Gasteiger partial charge in [-0.1, -0.05) is 84.9 Å². The van der Waals surface area contributed by atoms with Gasteiger partial charge in [-0.2, -0.15) is 0 Å². The Morgan fingerprint density at radius 1 is 0.386 bits per heavy atom. The molecule has 7 aromatic carbocycles. The maximum absolute atomic E-state index is 6.50. The Bertz CT molecular complexity index is 2630. The van der Waals surface area contributed by atoms with Gasteiger partial charge in [-0.3, -0.25) is 0 Å². The minimum Gasteiger partial charge on any atom is -0.456 e. The van der Waals surface area contributed by atoms with Crippen LogP contribution in [0.25, 0.3) is 74.8 Å². The van der Waals surface area contributed by atoms with Crippen LogP contribution in [0.2, 0.25) is 0 Å². The number of anilines is 3. The molecule has 0 spiro atoms. The van der Waals surface area contributed by atoms with Crippen molar-refractivity contribution in [1.29, 1.82) is 0 Å². The maximum atomic E-state index is 6.50. The zero-order valence-corrected chi connectivity index (χ0v) is 24.3. The van der Waals surface area contributed by atoms with Gasteiger partial charge in [-0.15, -0.1) is 11.3 Å². The molecule has 206 valence electrons. The molecule has 3 heterocycles. The molecule has 0 bridgehead atoms. The van der Waals surface area contributed by atoms with Crippen molar-refractivity contribution in [3.8, 4) is 0 Å². The van der Waals surface area contributed by atoms with E-state index in [-0.39, 0.29) is 0 Å². The quantitative estimate of drug-likeness (QED) is 0.208. The van der Waals surface area contributed by atoms with E-state index < -0.39 is 0 Å². The van der Waals surface area contributed by atoms with Crippen LogP contribution in [0.5, 0.6) is 0 Å². The first kappa shape index (κ1) is 23.9. The Balaban J connectivity index is 1.29. The molecule has 0 atom stereocenters. The van der Waals surface area contributed by atoms with E-state index in [0.717, 1.165) is 66.3 Å². The van der Waals surface area contributed by atoms with E-state index in [1.54, 1.807) is 0 Å². The van der Waals surface area contributed by atoms with E-state index in [9.17, 15) is 0 Å². The summed E-state index contributed by atoms with van der Waals surface area (Å²) in [5, 5.41) is 9.42. The van der Waals surface area contributed by atoms with Crippen LogP contribution in [0.15, 0.2) is 148 Å². The second kappa shape index (κ2) is 8.96. The fourth-order valence-electron chi connectivity index (χ4n) is 6.89. The van der Waals surface area contributed by atoms with Gasteiger partial charge < -0.3 is 13.7 Å². The second-order valence-electron chi connectivity index (χ2n) is 11.3. The topological polar surface area (TPSA) is 29.5 Å². The number of furan rings is 2. The van der Waals surface area contributed by atoms with Crippen molar-refractivity contribution in [2.24, 2.45) is 0 Å². The standard InChI is InChI=1S/C40H23NO2S/c1-2-12-31-26(9-1)33(23-37-40(31)32-13-4-7-15-35(32)43-37)41(24-17-19-28-27-10-3-6-14-34(27)42-36(28)21-24)25-18-20-30-29-11-5-8-16-38(29)44-39(30)22-25/h1-23H. The average molecular weight is 582 g/mol. The van der Waals surface area contributed by atoms with Gasteiger partial charge in [0.2, 0.25) is 0 Å². The number of para-hydroxylation sites is 2. The van der Waals surface area contributed by atoms with Crippen molar-refractivity contribution in [3.05, 3.63) is 140 Å². The number of hydrogen-bond donors (Lipinski definition) is 0. The molecule has 0 saturated carbocycles. The SMILES string of the molecule is c1ccc2c(c1)oc1cc(N(c3ccc4c(c3)sc3ccccc34)c3cc4oc5ccccc5c4c4ccccc34)ccc12. The number of benzene rings is 7. The van der Waals surface area contributed by atoms with Crippen LogP contribution < -0.4 is 4.90 Å². The first-order chi connectivity index (χ1) is 21.8. The average Bonchev–Trinajstić information content (AvgIpc) is 3.75. The lowest BCUT2D eigenvalue weighted by Crippen LogP contribution is -2.10. The lowest BCUT2D eigenvalue weighted by Gasteiger charge is -2.27. The first-order valence-electron chi connectivity index (χ1n) is 14.8. The second-order valence-corrected chi connectivity index (χ2v) is 12.4. The number of thiophene rings is 1. The summed E-state index contributed by atoms with van der Waals surface area (Å²) in [4.78, 5) is 2.35. The molecule has 3 aromatic heterocycles. The van der Waals surface area contributed by atoms with Gasteiger partial charge in [-0.05, 0) is 47.9 Å². The van der Waals surface area contributed by atoms with Crippen LogP contribution in [-0.4, -0.2) is 0 Å². The van der Waals surface area contributed by atoms with E-state index in [1.807, 2.05) is 35.6 Å². The van der Waals surface area contributed by atoms with E-state index in [4.69, 9.17) is 8.83 Å². The third kappa shape index (κ3) is 3.37. The molecular weight excluding hydrogens is 559 g/mol. The van der Waals surface area contributed by atoms with Crippen molar-refractivity contribution in [2.45, 2.75) is 0 Å². The van der Waals surface area contributed by atoms with Crippen LogP contribution >= 0.6 is 11.3 Å². The number of rotatable bonds is 3. The minimum atomic E-state index is 0.866. The summed E-state index contributed by atoms with van der Waals surface area (Å²) >= 11 is 1.83. The van der Waals surface area contributed by atoms with Crippen LogP contribution in [0.1, 0.15) is 0 Å². The summed E-state index contributed by atoms with van der Waals surface area (Å²) in [5.41, 5.74) is 6.70. The molecule has 0 amide bonds. The monoisotopic (exact) mass is 581 g/mol. The molecule has 0 aliphatic heterocycles. The van der Waals surface area contributed by atoms with Crippen molar-refractivity contribution in [3.63, 3.8) is 0 Å². The highest BCUT2D eigenvalue weighted by molar-refractivity contribution is 7.25. The highest BCUT2D eigenvalue weighted by Crippen LogP contribution is 2.47. The Labute approximate surface area is 255 Å². The van der Waals surface area contributed by atoms with Crippen LogP contribution in [0, 0.1) is 0 Å². The van der Waals surface area contributed by atoms with Gasteiger partial charge in [0.1, 0.15) is 22.3 Å². The molecule has 0 fully saturated rings. The lowest BCUT2D eigenvalue weighted by atomic mass is 10.0. The number of nitrogens with zero attached hydrogens (tertiary/aromatic N) is 1. The maximum Gasteiger partial charge on any atom is 0.138 e. The van der Waals surface area contributed by atoms with Gasteiger partial charge in [0.05, 0.1) is 5.69 Å². The van der Waals surface area contributed by atoms with Crippen molar-refractivity contribution < 1.29 is 8.83 Å². The van der Waals surface area contributed by atoms with Gasteiger partial charge in [0, 0.05) is 70.6 Å². The zero-order valence-electron chi connectivity index (χ0n) is 23.5. The lowest BCUT2D eigenvalue weighted by molar-refractivity contribution is 0.669. The highest BCUT2D eigenvalue weighted by Gasteiger charge is 2.22. The summed E-state index contributed by atoms with van der Waals surface area (Å²) < 4.78 is 15.4. The van der Waals surface area contributed by atoms with Gasteiger partial charge >= 0.3 is 0 Å². The van der Waals surface area contributed by atoms with E-state index in [2.05, 4.69) is 120 Å². The minimum absolute atomic E-state index is 0.866. The third-order valence-electron chi connectivity index (χ3n) is 8.84. The molecule has 44 heavy (non-hydrogen) atoms. The molecular formula is C40H23NO2S. The van der Waals surface area contributed by atoms with Gasteiger partial charge in [0.15, 0.2) is 0 Å². The van der Waals surface area contributed by atoms with Crippen LogP contribution in [0.4, 0.5) is 17.1 Å². The van der Waals surface area contributed by atoms with E-state index in [1.165, 1.54) is 25.6 Å². The molecule has 0 unspecified atom stereocenters. The van der Waals surface area contributed by atoms with E-state index >= 15 is 0 Å². The molecule has 0 aliphatic carbocycles. The molecule has 0 aliphatic rings. The van der Waals surface area contributed by atoms with Crippen molar-refractivity contribution in [1.82, 2.24) is 0 Å². The molecule has 0 saturated heterocycles. The summed E-state index contributed by atoms with van der Waals surface area (Å²) in [6.07, 6.45) is 0. The Hall–Kier alpha value is -5.58. The summed E-state index contributed by atoms with van der Waals surface area (Å²) in [6, 6.07) is 49.4. The fourth-order valence-corrected chi connectivity index (χ4v) is 8.03. The predicted octanol–water partition coefficient (Wildman–Crippen LogP) is 12.5. The van der Waals surface area contributed by atoms with Gasteiger partial charge in [0.25, 0.3) is 0 Å². The normalized spacial score (nSPS) is 12.1. The van der Waals surface area contributed by atoms with Crippen molar-refractivity contribution >= 4 is 103 Å². The predicted molar refractivity (Wildman–Crippen MR) is 186 cm³/mol. The first-order valence-corrected chi connectivity index (χ1v) is 15.6. The number of fused-ring (bicyclic) bond motifs is 11. The zero-order chi connectivity index (χ0) is 28.8. The largest absolute Gasteiger partial charge is 0.456 e. The molecule has 10 aromatic rings. The highest BCUT2D eigenvalue weighted by atomic mass is 32.1. The molecule has 0 radical (unpaired) electrons. The molecule has 3 nitrogen and oxygen atoms in total. The van der Waals surface area contributed by atoms with Crippen LogP contribution in [0.3, 0.4) is 0 Å². The van der Waals surface area contributed by atoms with Gasteiger partial charge in [-0.25, -0.2) is 0 Å². The Morgan fingerprint density at radius 2 is 0.955 bits per heavy atom. The van der Waals surface area contributed by atoms with Crippen molar-refractivity contribution in [2.75, 3.05) is 4.90 Å². The Kier molecular flexibility index (Phi) is 4.87.